The minimum Gasteiger partial charge on any atom is -0.473 e. The number of carbonyl (C=O) groups is 6. The predicted molar refractivity (Wildman–Crippen MR) is 45.8 cm³/mol. The first-order chi connectivity index (χ1) is 7.93. The van der Waals surface area contributed by atoms with E-state index >= 15 is 0 Å². The van der Waals surface area contributed by atoms with Gasteiger partial charge in [0, 0.05) is 34.7 Å². The van der Waals surface area contributed by atoms with Gasteiger partial charge in [-0.15, -0.1) is 0 Å². The van der Waals surface area contributed by atoms with Crippen molar-refractivity contribution in [3.63, 3.8) is 0 Å². The Hall–Kier alpha value is -2.12. The fourth-order valence-electron chi connectivity index (χ4n) is 0. The maximum atomic E-state index is 9.10. The molecule has 0 heterocycles. The van der Waals surface area contributed by atoms with Gasteiger partial charge in [0.05, 0.1) is 0 Å². The zero-order chi connectivity index (χ0) is 15.5. The van der Waals surface area contributed by atoms with Gasteiger partial charge in [-0.05, 0) is 0 Å². The summed E-state index contributed by atoms with van der Waals surface area (Å²) in [5, 5.41) is 44.3. The minimum atomic E-state index is -1.82. The van der Waals surface area contributed by atoms with Gasteiger partial charge in [0.1, 0.15) is 0 Å². The first-order valence-corrected chi connectivity index (χ1v) is 3.32. The summed E-state index contributed by atoms with van der Waals surface area (Å²) in [6.07, 6.45) is 0. The molecule has 12 nitrogen and oxygen atoms in total. The van der Waals surface area contributed by atoms with E-state index in [1.165, 1.54) is 0 Å². The van der Waals surface area contributed by atoms with Crippen LogP contribution >= 0.6 is 0 Å². The van der Waals surface area contributed by atoms with E-state index in [9.17, 15) is 0 Å². The van der Waals surface area contributed by atoms with E-state index in [-0.39, 0.29) is 34.7 Å². The van der Waals surface area contributed by atoms with E-state index in [1.807, 2.05) is 0 Å². The first-order valence-electron chi connectivity index (χ1n) is 3.32. The largest absolute Gasteiger partial charge is 0.473 e. The van der Waals surface area contributed by atoms with Crippen molar-refractivity contribution in [2.24, 2.45) is 0 Å². The average molecular weight is 374 g/mol. The molecule has 0 aliphatic heterocycles. The van der Waals surface area contributed by atoms with Gasteiger partial charge in [0.2, 0.25) is 0 Å². The Morgan fingerprint density at radius 1 is 0.350 bits per heavy atom. The molecule has 0 aliphatic rings. The van der Waals surface area contributed by atoms with E-state index in [1.54, 1.807) is 0 Å². The molecular formula is C6H6Cr2O12. The fraction of sp³-hybridized carbons (Fsp3) is 0. The first kappa shape index (κ1) is 30.7. The molecule has 20 heavy (non-hydrogen) atoms. The van der Waals surface area contributed by atoms with Crippen LogP contribution in [0, 0.1) is 0 Å². The van der Waals surface area contributed by atoms with Crippen LogP contribution in [0.3, 0.4) is 0 Å². The Bertz CT molecular complexity index is 281. The van der Waals surface area contributed by atoms with Crippen molar-refractivity contribution in [1.82, 2.24) is 0 Å². The molecule has 0 aromatic heterocycles. The van der Waals surface area contributed by atoms with Gasteiger partial charge >= 0.3 is 35.8 Å². The Morgan fingerprint density at radius 2 is 0.400 bits per heavy atom. The molecule has 0 saturated carbocycles. The summed E-state index contributed by atoms with van der Waals surface area (Å²) in [5.74, 6) is -10.9. The summed E-state index contributed by atoms with van der Waals surface area (Å²) in [4.78, 5) is 54.6. The van der Waals surface area contributed by atoms with Gasteiger partial charge in [0.15, 0.2) is 0 Å². The van der Waals surface area contributed by atoms with Gasteiger partial charge in [-0.1, -0.05) is 0 Å². The molecule has 14 heteroatoms. The molecule has 0 bridgehead atoms. The van der Waals surface area contributed by atoms with Crippen molar-refractivity contribution in [3.8, 4) is 0 Å². The summed E-state index contributed by atoms with van der Waals surface area (Å²) < 4.78 is 0. The van der Waals surface area contributed by atoms with Crippen molar-refractivity contribution in [1.29, 1.82) is 0 Å². The van der Waals surface area contributed by atoms with Crippen LogP contribution in [-0.2, 0) is 63.5 Å². The summed E-state index contributed by atoms with van der Waals surface area (Å²) in [7, 11) is 0. The molecule has 0 aromatic rings. The van der Waals surface area contributed by atoms with Crippen LogP contribution in [0.25, 0.3) is 0 Å². The topological polar surface area (TPSA) is 224 Å². The maximum Gasteiger partial charge on any atom is 0.414 e. The van der Waals surface area contributed by atoms with E-state index in [4.69, 9.17) is 59.4 Å². The van der Waals surface area contributed by atoms with Gasteiger partial charge in [0.25, 0.3) is 0 Å². The van der Waals surface area contributed by atoms with E-state index < -0.39 is 35.8 Å². The van der Waals surface area contributed by atoms with E-state index in [2.05, 4.69) is 0 Å². The molecule has 0 amide bonds. The second-order valence-electron chi connectivity index (χ2n) is 1.83. The summed E-state index contributed by atoms with van der Waals surface area (Å²) in [6.45, 7) is 0. The third kappa shape index (κ3) is 36.0. The van der Waals surface area contributed by atoms with Crippen LogP contribution in [0.4, 0.5) is 0 Å². The van der Waals surface area contributed by atoms with Gasteiger partial charge in [-0.25, -0.2) is 28.8 Å². The van der Waals surface area contributed by atoms with Gasteiger partial charge < -0.3 is 30.6 Å². The fourth-order valence-corrected chi connectivity index (χ4v) is 0. The smallest absolute Gasteiger partial charge is 0.414 e. The molecular weight excluding hydrogens is 368 g/mol. The standard InChI is InChI=1S/3C2H2O4.2Cr/c3*3-1(4)2(5)6;;/h3*(H,3,4)(H,5,6);;. The van der Waals surface area contributed by atoms with Crippen LogP contribution in [0.2, 0.25) is 0 Å². The zero-order valence-electron chi connectivity index (χ0n) is 8.95. The monoisotopic (exact) mass is 374 g/mol. The summed E-state index contributed by atoms with van der Waals surface area (Å²) >= 11 is 0. The molecule has 0 spiro atoms. The SMILES string of the molecule is O=C(O)C(=O)O.O=C(O)C(=O)O.O=C(O)C(=O)O.[Cr].[Cr]. The third-order valence-corrected chi connectivity index (χ3v) is 0.549. The third-order valence-electron chi connectivity index (χ3n) is 0.549. The molecule has 0 rings (SSSR count). The second kappa shape index (κ2) is 16.9. The van der Waals surface area contributed by atoms with Crippen LogP contribution in [0.1, 0.15) is 0 Å². The number of aliphatic carboxylic acids is 6. The molecule has 0 fully saturated rings. The average Bonchev–Trinajstić information content (AvgIpc) is 2.18. The Morgan fingerprint density at radius 3 is 0.400 bits per heavy atom. The molecule has 0 radical (unpaired) electrons. The van der Waals surface area contributed by atoms with Gasteiger partial charge in [-0.2, -0.15) is 0 Å². The van der Waals surface area contributed by atoms with Crippen molar-refractivity contribution in [2.75, 3.05) is 0 Å². The van der Waals surface area contributed by atoms with E-state index in [0.717, 1.165) is 0 Å². The second-order valence-corrected chi connectivity index (χ2v) is 1.83. The van der Waals surface area contributed by atoms with Crippen molar-refractivity contribution in [3.05, 3.63) is 0 Å². The Balaban J connectivity index is -0.0000000536. The maximum absolute atomic E-state index is 9.10. The van der Waals surface area contributed by atoms with Crippen molar-refractivity contribution in [2.45, 2.75) is 0 Å². The minimum absolute atomic E-state index is 0. The molecule has 0 aromatic carbocycles. The normalized spacial score (nSPS) is 6.60. The van der Waals surface area contributed by atoms with Crippen molar-refractivity contribution < 1.29 is 94.1 Å². The molecule has 114 valence electrons. The summed E-state index contributed by atoms with van der Waals surface area (Å²) in [6, 6.07) is 0. The molecule has 0 saturated heterocycles. The molecule has 0 unspecified atom stereocenters. The van der Waals surface area contributed by atoms with Gasteiger partial charge in [-0.3, -0.25) is 0 Å². The summed E-state index contributed by atoms with van der Waals surface area (Å²) in [5.41, 5.74) is 0. The number of rotatable bonds is 0. The Kier molecular flexibility index (Phi) is 25.9. The molecule has 6 N–H and O–H groups in total. The predicted octanol–water partition coefficient (Wildman–Crippen LogP) is -2.54. The number of carboxylic acid groups (broad SMARTS) is 6. The Labute approximate surface area is 130 Å². The number of hydrogen-bond donors (Lipinski definition) is 6. The molecule has 0 aliphatic carbocycles. The van der Waals surface area contributed by atoms with E-state index in [0.29, 0.717) is 0 Å². The van der Waals surface area contributed by atoms with Crippen LogP contribution in [-0.4, -0.2) is 66.5 Å². The van der Waals surface area contributed by atoms with Crippen LogP contribution in [0.15, 0.2) is 0 Å². The zero-order valence-corrected chi connectivity index (χ0v) is 11.5. The molecule has 0 atom stereocenters. The van der Waals surface area contributed by atoms with Crippen LogP contribution in [0.5, 0.6) is 0 Å². The van der Waals surface area contributed by atoms with Crippen LogP contribution < -0.4 is 0 Å². The quantitative estimate of drug-likeness (QED) is 0.241. The number of hydrogen-bond acceptors (Lipinski definition) is 6. The van der Waals surface area contributed by atoms with Crippen molar-refractivity contribution >= 4 is 35.8 Å². The number of carboxylic acids is 6.